The summed E-state index contributed by atoms with van der Waals surface area (Å²) in [4.78, 5) is 0. The van der Waals surface area contributed by atoms with Crippen LogP contribution < -0.4 is 0 Å². The van der Waals surface area contributed by atoms with Gasteiger partial charge in [-0.3, -0.25) is 0 Å². The fraction of sp³-hybridized carbons (Fsp3) is 0.109. The molecule has 0 amide bonds. The van der Waals surface area contributed by atoms with Crippen molar-refractivity contribution in [1.29, 1.82) is 5.26 Å². The van der Waals surface area contributed by atoms with E-state index in [0.29, 0.717) is 33.6 Å². The molecular weight excluding hydrogens is 760 g/mol. The summed E-state index contributed by atoms with van der Waals surface area (Å²) in [6, 6.07) is 52.6. The van der Waals surface area contributed by atoms with E-state index in [-0.39, 0.29) is 0 Å². The zero-order valence-corrected chi connectivity index (χ0v) is 34.4. The Labute approximate surface area is 352 Å². The molecule has 0 saturated heterocycles. The molecule has 0 unspecified atom stereocenters. The Morgan fingerprint density at radius 2 is 0.885 bits per heavy atom. The second-order valence-corrected chi connectivity index (χ2v) is 16.3. The second kappa shape index (κ2) is 14.1. The average Bonchev–Trinajstić information content (AvgIpc) is 3.75. The summed E-state index contributed by atoms with van der Waals surface area (Å²) in [5.41, 5.74) is 15.6. The molecule has 10 aromatic rings. The van der Waals surface area contributed by atoms with E-state index in [1.807, 2.05) is 36.4 Å². The van der Waals surface area contributed by atoms with E-state index in [2.05, 4.69) is 140 Å². The third-order valence-electron chi connectivity index (χ3n) is 12.3. The summed E-state index contributed by atoms with van der Waals surface area (Å²) in [5.74, 6) is 0. The van der Waals surface area contributed by atoms with E-state index in [9.17, 15) is 18.4 Å². The van der Waals surface area contributed by atoms with Crippen molar-refractivity contribution in [3.05, 3.63) is 191 Å². The standard InChI is InChI=1S/C55H40F3N3/c1-32-14-19-41(34(3)24-32)38-16-21-46-44-10-6-8-12-48(44)60(50(46)29-38)52-27-37(31-59)28-53(54(52)43-23-18-40(26-36(43)5)55(56,57)58)61-49-13-9-7-11-45(49)47-22-17-39(30-51(47)61)42-20-15-33(2)25-35(42)4/h6-30H,1-5H3. The highest BCUT2D eigenvalue weighted by Crippen LogP contribution is 2.46. The van der Waals surface area contributed by atoms with Gasteiger partial charge in [0.25, 0.3) is 0 Å². The quantitative estimate of drug-likeness (QED) is 0.171. The van der Waals surface area contributed by atoms with Crippen LogP contribution in [0.2, 0.25) is 0 Å². The molecule has 10 rings (SSSR count). The van der Waals surface area contributed by atoms with Gasteiger partial charge in [0.15, 0.2) is 0 Å². The third-order valence-corrected chi connectivity index (χ3v) is 12.3. The number of hydrogen-bond acceptors (Lipinski definition) is 1. The Morgan fingerprint density at radius 3 is 1.33 bits per heavy atom. The van der Waals surface area contributed by atoms with Crippen molar-refractivity contribution in [2.45, 2.75) is 40.8 Å². The number of hydrogen-bond donors (Lipinski definition) is 0. The Morgan fingerprint density at radius 1 is 0.443 bits per heavy atom. The number of fused-ring (bicyclic) bond motifs is 6. The van der Waals surface area contributed by atoms with Crippen molar-refractivity contribution in [1.82, 2.24) is 9.13 Å². The van der Waals surface area contributed by atoms with E-state index in [4.69, 9.17) is 0 Å². The highest BCUT2D eigenvalue weighted by atomic mass is 19.4. The first-order valence-electron chi connectivity index (χ1n) is 20.4. The minimum atomic E-state index is -4.52. The van der Waals surface area contributed by atoms with Gasteiger partial charge in [-0.15, -0.1) is 0 Å². The molecule has 0 aliphatic rings. The van der Waals surface area contributed by atoms with Crippen LogP contribution in [0.5, 0.6) is 0 Å². The van der Waals surface area contributed by atoms with Crippen molar-refractivity contribution in [3.63, 3.8) is 0 Å². The largest absolute Gasteiger partial charge is 0.416 e. The number of nitrogens with zero attached hydrogens (tertiary/aromatic N) is 3. The van der Waals surface area contributed by atoms with Gasteiger partial charge in [0, 0.05) is 27.1 Å². The Bertz CT molecular complexity index is 3290. The second-order valence-electron chi connectivity index (χ2n) is 16.3. The number of halogens is 3. The number of nitriles is 1. The van der Waals surface area contributed by atoms with Gasteiger partial charge in [-0.05, 0) is 128 Å². The molecule has 2 aromatic heterocycles. The normalized spacial score (nSPS) is 11.9. The Kier molecular flexibility index (Phi) is 8.78. The number of aryl methyl sites for hydroxylation is 5. The van der Waals surface area contributed by atoms with Gasteiger partial charge >= 0.3 is 6.18 Å². The molecule has 0 atom stereocenters. The number of para-hydroxylation sites is 2. The lowest BCUT2D eigenvalue weighted by Gasteiger charge is -2.22. The summed E-state index contributed by atoms with van der Waals surface area (Å²) < 4.78 is 47.3. The van der Waals surface area contributed by atoms with Crippen LogP contribution in [0.15, 0.2) is 152 Å². The van der Waals surface area contributed by atoms with Gasteiger partial charge in [0.2, 0.25) is 0 Å². The summed E-state index contributed by atoms with van der Waals surface area (Å²) in [6.07, 6.45) is -4.52. The fourth-order valence-electron chi connectivity index (χ4n) is 9.50. The van der Waals surface area contributed by atoms with Crippen LogP contribution in [0.25, 0.3) is 88.4 Å². The molecular formula is C55H40F3N3. The van der Waals surface area contributed by atoms with E-state index >= 15 is 0 Å². The molecule has 0 radical (unpaired) electrons. The molecule has 0 fully saturated rings. The van der Waals surface area contributed by atoms with Crippen LogP contribution in [0.1, 0.15) is 38.9 Å². The maximum absolute atomic E-state index is 14.3. The van der Waals surface area contributed by atoms with Crippen molar-refractivity contribution in [3.8, 4) is 50.8 Å². The monoisotopic (exact) mass is 799 g/mol. The lowest BCUT2D eigenvalue weighted by Crippen LogP contribution is -2.08. The predicted octanol–water partition coefficient (Wildman–Crippen LogP) is 15.3. The van der Waals surface area contributed by atoms with E-state index < -0.39 is 11.7 Å². The Balaban J connectivity index is 1.37. The van der Waals surface area contributed by atoms with Crippen LogP contribution in [0.4, 0.5) is 13.2 Å². The van der Waals surface area contributed by atoms with E-state index in [1.165, 1.54) is 23.3 Å². The van der Waals surface area contributed by atoms with Crippen LogP contribution in [0.3, 0.4) is 0 Å². The predicted molar refractivity (Wildman–Crippen MR) is 245 cm³/mol. The van der Waals surface area contributed by atoms with Gasteiger partial charge in [-0.1, -0.05) is 114 Å². The van der Waals surface area contributed by atoms with Crippen molar-refractivity contribution in [2.24, 2.45) is 0 Å². The molecule has 296 valence electrons. The van der Waals surface area contributed by atoms with Gasteiger partial charge < -0.3 is 9.13 Å². The summed E-state index contributed by atoms with van der Waals surface area (Å²) in [6.45, 7) is 10.2. The molecule has 6 heteroatoms. The molecule has 0 saturated carbocycles. The van der Waals surface area contributed by atoms with Crippen molar-refractivity contribution >= 4 is 43.6 Å². The minimum Gasteiger partial charge on any atom is -0.308 e. The topological polar surface area (TPSA) is 33.6 Å². The van der Waals surface area contributed by atoms with Gasteiger partial charge in [-0.2, -0.15) is 18.4 Å². The van der Waals surface area contributed by atoms with E-state index in [0.717, 1.165) is 77.0 Å². The summed E-state index contributed by atoms with van der Waals surface area (Å²) in [5, 5.41) is 15.0. The van der Waals surface area contributed by atoms with Gasteiger partial charge in [0.05, 0.1) is 50.6 Å². The molecule has 0 aliphatic carbocycles. The minimum absolute atomic E-state index is 0.422. The van der Waals surface area contributed by atoms with Crippen LogP contribution in [-0.2, 0) is 6.18 Å². The molecule has 61 heavy (non-hydrogen) atoms. The maximum Gasteiger partial charge on any atom is 0.416 e. The lowest BCUT2D eigenvalue weighted by molar-refractivity contribution is -0.137. The van der Waals surface area contributed by atoms with Crippen LogP contribution in [0, 0.1) is 45.9 Å². The Hall–Kier alpha value is -7.36. The number of benzene rings is 8. The van der Waals surface area contributed by atoms with Crippen molar-refractivity contribution < 1.29 is 13.2 Å². The van der Waals surface area contributed by atoms with Gasteiger partial charge in [-0.25, -0.2) is 0 Å². The van der Waals surface area contributed by atoms with Crippen molar-refractivity contribution in [2.75, 3.05) is 0 Å². The fourth-order valence-corrected chi connectivity index (χ4v) is 9.50. The molecule has 0 aliphatic heterocycles. The maximum atomic E-state index is 14.3. The third kappa shape index (κ3) is 6.19. The van der Waals surface area contributed by atoms with E-state index in [1.54, 1.807) is 13.0 Å². The number of alkyl halides is 3. The summed E-state index contributed by atoms with van der Waals surface area (Å²) >= 11 is 0. The van der Waals surface area contributed by atoms with Crippen LogP contribution in [-0.4, -0.2) is 9.13 Å². The van der Waals surface area contributed by atoms with Gasteiger partial charge in [0.1, 0.15) is 0 Å². The SMILES string of the molecule is Cc1ccc(-c2ccc3c4ccccc4n(-c4cc(C#N)cc(-n5c6ccccc6c6ccc(-c7ccc(C)cc7C)cc65)c4-c4ccc(C(F)(F)F)cc4C)c3c2)c(C)c1. The highest BCUT2D eigenvalue weighted by Gasteiger charge is 2.32. The lowest BCUT2D eigenvalue weighted by atomic mass is 9.93. The highest BCUT2D eigenvalue weighted by molar-refractivity contribution is 6.13. The van der Waals surface area contributed by atoms with Crippen LogP contribution >= 0.6 is 0 Å². The number of aromatic nitrogens is 2. The molecule has 0 bridgehead atoms. The molecule has 2 heterocycles. The summed E-state index contributed by atoms with van der Waals surface area (Å²) in [7, 11) is 0. The first kappa shape index (κ1) is 37.9. The molecule has 0 spiro atoms. The molecule has 0 N–H and O–H groups in total. The smallest absolute Gasteiger partial charge is 0.308 e. The first-order valence-corrected chi connectivity index (χ1v) is 20.4. The molecule has 3 nitrogen and oxygen atoms in total. The zero-order chi connectivity index (χ0) is 42.3. The first-order chi connectivity index (χ1) is 29.4. The molecule has 8 aromatic carbocycles. The zero-order valence-electron chi connectivity index (χ0n) is 34.4. The number of rotatable bonds is 5. The average molecular weight is 800 g/mol.